The van der Waals surface area contributed by atoms with Crippen LogP contribution < -0.4 is 0 Å². The predicted octanol–water partition coefficient (Wildman–Crippen LogP) is 3.77. The van der Waals surface area contributed by atoms with Crippen LogP contribution in [-0.2, 0) is 12.3 Å². The fraction of sp³-hybridized carbons (Fsp3) is 0.579. The Morgan fingerprint density at radius 1 is 1.36 bits per heavy atom. The normalized spacial score (nSPS) is 20.8. The van der Waals surface area contributed by atoms with Crippen LogP contribution in [0.25, 0.3) is 0 Å². The summed E-state index contributed by atoms with van der Waals surface area (Å²) in [6.07, 6.45) is 10.8. The van der Waals surface area contributed by atoms with Crippen molar-refractivity contribution in [2.45, 2.75) is 43.9 Å². The Morgan fingerprint density at radius 3 is 3.04 bits per heavy atom. The lowest BCUT2D eigenvalue weighted by atomic mass is 9.97. The first-order valence-corrected chi connectivity index (χ1v) is 10.5. The minimum Gasteiger partial charge on any atom is -0.455 e. The maximum atomic E-state index is 12.8. The second-order valence-corrected chi connectivity index (χ2v) is 8.04. The molecule has 1 saturated heterocycles. The molecule has 6 heteroatoms. The minimum absolute atomic E-state index is 0.0114. The molecule has 1 saturated carbocycles. The van der Waals surface area contributed by atoms with Crippen molar-refractivity contribution in [3.05, 3.63) is 41.9 Å². The number of thioether (sulfide) groups is 1. The molecular formula is C19H25N3O2S. The highest BCUT2D eigenvalue weighted by atomic mass is 32.2. The van der Waals surface area contributed by atoms with E-state index >= 15 is 0 Å². The topological polar surface area (TPSA) is 51.3 Å². The minimum atomic E-state index is 0.0114. The van der Waals surface area contributed by atoms with E-state index in [0.29, 0.717) is 11.7 Å². The van der Waals surface area contributed by atoms with E-state index in [9.17, 15) is 4.79 Å². The van der Waals surface area contributed by atoms with Crippen molar-refractivity contribution in [2.75, 3.05) is 19.3 Å². The number of nitrogens with zero attached hydrogens (tertiary/aromatic N) is 3. The average molecular weight is 359 g/mol. The molecule has 4 rings (SSSR count). The molecule has 0 unspecified atom stereocenters. The van der Waals surface area contributed by atoms with E-state index in [-0.39, 0.29) is 5.91 Å². The van der Waals surface area contributed by atoms with Crippen LogP contribution >= 0.6 is 11.8 Å². The van der Waals surface area contributed by atoms with Crippen LogP contribution in [0.1, 0.15) is 53.7 Å². The van der Waals surface area contributed by atoms with E-state index < -0.39 is 0 Å². The van der Waals surface area contributed by atoms with Gasteiger partial charge in [0.25, 0.3) is 5.91 Å². The Balaban J connectivity index is 1.45. The molecule has 3 heterocycles. The van der Waals surface area contributed by atoms with Crippen molar-refractivity contribution >= 4 is 17.7 Å². The summed E-state index contributed by atoms with van der Waals surface area (Å²) in [5.41, 5.74) is 0. The summed E-state index contributed by atoms with van der Waals surface area (Å²) >= 11 is 1.70. The number of hydrogen-bond donors (Lipinski definition) is 0. The highest BCUT2D eigenvalue weighted by Crippen LogP contribution is 2.33. The number of carbonyl (C=O) groups excluding carboxylic acids is 1. The summed E-state index contributed by atoms with van der Waals surface area (Å²) in [5.74, 6) is 4.44. The molecule has 0 spiro atoms. The predicted molar refractivity (Wildman–Crippen MR) is 98.8 cm³/mol. The number of likely N-dealkylation sites (tertiary alicyclic amines) is 1. The Bertz CT molecular complexity index is 735. The molecule has 1 aliphatic heterocycles. The molecule has 0 N–H and O–H groups in total. The lowest BCUT2D eigenvalue weighted by Crippen LogP contribution is -2.39. The second kappa shape index (κ2) is 7.28. The molecule has 1 amide bonds. The Kier molecular flexibility index (Phi) is 4.88. The van der Waals surface area contributed by atoms with E-state index in [4.69, 9.17) is 4.42 Å². The number of amides is 1. The number of aromatic nitrogens is 2. The maximum Gasteiger partial charge on any atom is 0.289 e. The third-order valence-corrected chi connectivity index (χ3v) is 5.71. The van der Waals surface area contributed by atoms with Gasteiger partial charge in [0.2, 0.25) is 0 Å². The summed E-state index contributed by atoms with van der Waals surface area (Å²) < 4.78 is 8.02. The van der Waals surface area contributed by atoms with Gasteiger partial charge in [-0.2, -0.15) is 11.8 Å². The number of hydrogen-bond acceptors (Lipinski definition) is 4. The molecule has 2 aliphatic rings. The van der Waals surface area contributed by atoms with Crippen molar-refractivity contribution in [3.63, 3.8) is 0 Å². The van der Waals surface area contributed by atoms with Gasteiger partial charge in [0.05, 0.1) is 5.75 Å². The zero-order valence-electron chi connectivity index (χ0n) is 14.7. The first kappa shape index (κ1) is 16.8. The smallest absolute Gasteiger partial charge is 0.289 e. The van der Waals surface area contributed by atoms with Crippen molar-refractivity contribution < 1.29 is 9.21 Å². The van der Waals surface area contributed by atoms with Gasteiger partial charge in [-0.1, -0.05) is 0 Å². The van der Waals surface area contributed by atoms with Crippen LogP contribution in [0.3, 0.4) is 0 Å². The molecule has 1 aliphatic carbocycles. The van der Waals surface area contributed by atoms with Gasteiger partial charge in [0, 0.05) is 37.9 Å². The van der Waals surface area contributed by atoms with E-state index in [1.807, 2.05) is 29.5 Å². The van der Waals surface area contributed by atoms with Crippen molar-refractivity contribution in [3.8, 4) is 0 Å². The largest absolute Gasteiger partial charge is 0.455 e. The molecule has 0 aromatic carbocycles. The van der Waals surface area contributed by atoms with Gasteiger partial charge in [-0.3, -0.25) is 4.79 Å². The number of piperidine rings is 1. The molecule has 2 fully saturated rings. The van der Waals surface area contributed by atoms with Gasteiger partial charge in [0.1, 0.15) is 11.6 Å². The summed E-state index contributed by atoms with van der Waals surface area (Å²) in [6.45, 7) is 2.62. The maximum absolute atomic E-state index is 12.8. The number of rotatable bonds is 6. The molecular weight excluding hydrogens is 334 g/mol. The molecule has 5 nitrogen and oxygen atoms in total. The Morgan fingerprint density at radius 2 is 2.24 bits per heavy atom. The summed E-state index contributed by atoms with van der Waals surface area (Å²) in [4.78, 5) is 19.4. The van der Waals surface area contributed by atoms with Gasteiger partial charge < -0.3 is 13.9 Å². The van der Waals surface area contributed by atoms with E-state index in [1.165, 1.54) is 12.8 Å². The molecule has 0 bridgehead atoms. The van der Waals surface area contributed by atoms with Gasteiger partial charge in [-0.15, -0.1) is 0 Å². The molecule has 0 radical (unpaired) electrons. The lowest BCUT2D eigenvalue weighted by molar-refractivity contribution is 0.0669. The zero-order valence-corrected chi connectivity index (χ0v) is 15.5. The number of furan rings is 1. The van der Waals surface area contributed by atoms with Crippen molar-refractivity contribution in [2.24, 2.45) is 5.92 Å². The fourth-order valence-corrected chi connectivity index (χ4v) is 4.09. The summed E-state index contributed by atoms with van der Waals surface area (Å²) in [6, 6.07) is 3.72. The first-order valence-electron chi connectivity index (χ1n) is 9.12. The first-order chi connectivity index (χ1) is 12.2. The Labute approximate surface area is 152 Å². The van der Waals surface area contributed by atoms with Gasteiger partial charge in [0.15, 0.2) is 5.76 Å². The second-order valence-electron chi connectivity index (χ2n) is 7.17. The van der Waals surface area contributed by atoms with Gasteiger partial charge >= 0.3 is 0 Å². The zero-order chi connectivity index (χ0) is 17.2. The van der Waals surface area contributed by atoms with Gasteiger partial charge in [-0.25, -0.2) is 4.98 Å². The van der Waals surface area contributed by atoms with Crippen LogP contribution in [-0.4, -0.2) is 39.7 Å². The van der Waals surface area contributed by atoms with Crippen LogP contribution in [0, 0.1) is 5.92 Å². The SMILES string of the molecule is CSCc1ccc(C(=O)N2CCC[C@@H](c3nccn3CC3CC3)C2)o1. The van der Waals surface area contributed by atoms with Gasteiger partial charge in [-0.05, 0) is 50.0 Å². The monoisotopic (exact) mass is 359 g/mol. The Hall–Kier alpha value is -1.69. The summed E-state index contributed by atoms with van der Waals surface area (Å²) in [5, 5.41) is 0. The molecule has 1 atom stereocenters. The van der Waals surface area contributed by atoms with E-state index in [1.54, 1.807) is 11.8 Å². The third kappa shape index (κ3) is 3.78. The quantitative estimate of drug-likeness (QED) is 0.788. The summed E-state index contributed by atoms with van der Waals surface area (Å²) in [7, 11) is 0. The molecule has 134 valence electrons. The van der Waals surface area contributed by atoms with Crippen molar-refractivity contribution in [1.29, 1.82) is 0 Å². The lowest BCUT2D eigenvalue weighted by Gasteiger charge is -2.32. The number of carbonyl (C=O) groups is 1. The van der Waals surface area contributed by atoms with Crippen LogP contribution in [0.4, 0.5) is 0 Å². The molecule has 25 heavy (non-hydrogen) atoms. The molecule has 2 aromatic rings. The standard InChI is InChI=1S/C19H25N3O2S/c1-25-13-16-6-7-17(24-16)19(23)22-9-2-3-15(12-22)18-20-8-10-21(18)11-14-4-5-14/h6-8,10,14-15H,2-5,9,11-13H2,1H3/t15-/m1/s1. The van der Waals surface area contributed by atoms with E-state index in [0.717, 1.165) is 55.7 Å². The van der Waals surface area contributed by atoms with Crippen LogP contribution in [0.15, 0.2) is 28.9 Å². The third-order valence-electron chi connectivity index (χ3n) is 5.13. The number of imidazole rings is 1. The highest BCUT2D eigenvalue weighted by molar-refractivity contribution is 7.97. The van der Waals surface area contributed by atoms with Crippen LogP contribution in [0.5, 0.6) is 0 Å². The average Bonchev–Trinajstić information content (AvgIpc) is 3.12. The highest BCUT2D eigenvalue weighted by Gasteiger charge is 2.30. The van der Waals surface area contributed by atoms with Crippen molar-refractivity contribution in [1.82, 2.24) is 14.5 Å². The van der Waals surface area contributed by atoms with E-state index in [2.05, 4.69) is 15.7 Å². The fourth-order valence-electron chi connectivity index (χ4n) is 3.65. The van der Waals surface area contributed by atoms with Crippen LogP contribution in [0.2, 0.25) is 0 Å². The molecule has 2 aromatic heterocycles.